The topological polar surface area (TPSA) is 29.1 Å². The smallest absolute Gasteiger partial charge is 0.426 e. The van der Waals surface area contributed by atoms with Crippen LogP contribution in [0.2, 0.25) is 0 Å². The first-order valence-corrected chi connectivity index (χ1v) is 6.24. The molecule has 0 radical (unpaired) electrons. The molecule has 1 heterocycles. The van der Waals surface area contributed by atoms with Crippen molar-refractivity contribution in [2.75, 3.05) is 6.54 Å². The van der Waals surface area contributed by atoms with Gasteiger partial charge in [-0.15, -0.1) is 0 Å². The first kappa shape index (κ1) is 15.5. The van der Waals surface area contributed by atoms with Crippen molar-refractivity contribution in [3.05, 3.63) is 54.8 Å². The lowest BCUT2D eigenvalue weighted by Gasteiger charge is -2.32. The fourth-order valence-electron chi connectivity index (χ4n) is 2.08. The molecule has 2 rings (SSSR count). The Kier molecular flexibility index (Phi) is 5.33. The average Bonchev–Trinajstić information content (AvgIpc) is 2.40. The van der Waals surface area contributed by atoms with Gasteiger partial charge in [0.1, 0.15) is 18.4 Å². The van der Waals surface area contributed by atoms with Gasteiger partial charge in [-0.1, -0.05) is 24.3 Å². The molecule has 1 aliphatic heterocycles. The van der Waals surface area contributed by atoms with E-state index in [2.05, 4.69) is 5.32 Å². The normalized spacial score (nSPS) is 21.0. The van der Waals surface area contributed by atoms with E-state index in [0.717, 1.165) is 5.69 Å². The number of allylic oxidation sites excluding steroid dienone is 2. The Bertz CT molecular complexity index is 482. The minimum absolute atomic E-state index is 0. The zero-order valence-electron chi connectivity index (χ0n) is 11.2. The highest BCUT2D eigenvalue weighted by Crippen LogP contribution is 2.26. The first-order valence-electron chi connectivity index (χ1n) is 6.24. The lowest BCUT2D eigenvalue weighted by molar-refractivity contribution is -0.00000732. The Balaban J connectivity index is 0.00000180. The quantitative estimate of drug-likeness (QED) is 0.770. The number of halogens is 1. The van der Waals surface area contributed by atoms with Crippen LogP contribution in [0, 0.1) is 0 Å². The minimum atomic E-state index is 0. The van der Waals surface area contributed by atoms with Gasteiger partial charge in [0.15, 0.2) is 0 Å². The van der Waals surface area contributed by atoms with Gasteiger partial charge in [0.25, 0.3) is 0 Å². The van der Waals surface area contributed by atoms with Crippen LogP contribution in [-0.4, -0.2) is 18.6 Å². The summed E-state index contributed by atoms with van der Waals surface area (Å²) >= 11 is 0. The van der Waals surface area contributed by atoms with E-state index in [-0.39, 0.29) is 29.0 Å². The highest BCUT2D eigenvalue weighted by Gasteiger charge is 2.37. The monoisotopic (exact) mass is 278 g/mol. The molecule has 1 aromatic carbocycles. The van der Waals surface area contributed by atoms with E-state index >= 15 is 0 Å². The van der Waals surface area contributed by atoms with Crippen molar-refractivity contribution < 1.29 is 17.2 Å². The van der Waals surface area contributed by atoms with Gasteiger partial charge >= 0.3 is 6.03 Å². The standard InChI is InChI=1S/C15H18N2O.ClH/c1-13(2)16-15(18)17(11-7-4-8-12-17)14-9-5-3-6-10-14;/h3-11,13H,12H2,1-2H3;1H. The molecule has 1 unspecified atom stereocenters. The number of urea groups is 1. The summed E-state index contributed by atoms with van der Waals surface area (Å²) in [4.78, 5) is 12.5. The lowest BCUT2D eigenvalue weighted by atomic mass is 10.2. The van der Waals surface area contributed by atoms with Crippen molar-refractivity contribution in [3.8, 4) is 0 Å². The maximum atomic E-state index is 12.5. The van der Waals surface area contributed by atoms with Gasteiger partial charge < -0.3 is 17.7 Å². The fraction of sp³-hybridized carbons (Fsp3) is 0.267. The summed E-state index contributed by atoms with van der Waals surface area (Å²) in [5.41, 5.74) is 0.983. The number of carbonyl (C=O) groups is 1. The van der Waals surface area contributed by atoms with Gasteiger partial charge in [-0.25, -0.2) is 4.79 Å². The zero-order valence-corrected chi connectivity index (χ0v) is 12.0. The third-order valence-electron chi connectivity index (χ3n) is 2.97. The molecule has 0 saturated carbocycles. The van der Waals surface area contributed by atoms with Crippen LogP contribution in [0.1, 0.15) is 13.8 Å². The van der Waals surface area contributed by atoms with Crippen molar-refractivity contribution in [1.29, 1.82) is 0 Å². The molecule has 2 amide bonds. The lowest BCUT2D eigenvalue weighted by Crippen LogP contribution is -3.00. The second-order valence-electron chi connectivity index (χ2n) is 4.76. The third kappa shape index (κ3) is 3.25. The van der Waals surface area contributed by atoms with E-state index < -0.39 is 0 Å². The second kappa shape index (κ2) is 6.55. The largest absolute Gasteiger partial charge is 1.00 e. The SMILES string of the molecule is CC(C)NC(=O)[N+]1(c2ccccc2)C=CC=CC1.[Cl-]. The summed E-state index contributed by atoms with van der Waals surface area (Å²) in [6.45, 7) is 4.60. The molecule has 0 fully saturated rings. The second-order valence-corrected chi connectivity index (χ2v) is 4.76. The number of nitrogens with one attached hydrogen (secondary N) is 1. The summed E-state index contributed by atoms with van der Waals surface area (Å²) in [7, 11) is 0. The minimum Gasteiger partial charge on any atom is -1.00 e. The number of hydrogen-bond donors (Lipinski definition) is 1. The van der Waals surface area contributed by atoms with E-state index in [1.807, 2.05) is 68.6 Å². The Morgan fingerprint density at radius 3 is 2.42 bits per heavy atom. The molecule has 0 spiro atoms. The Labute approximate surface area is 120 Å². The number of carbonyl (C=O) groups excluding carboxylic acids is 1. The van der Waals surface area contributed by atoms with Gasteiger partial charge in [0.05, 0.1) is 0 Å². The molecule has 1 atom stereocenters. The molecular weight excluding hydrogens is 260 g/mol. The molecule has 1 N–H and O–H groups in total. The van der Waals surface area contributed by atoms with Crippen molar-refractivity contribution in [2.24, 2.45) is 0 Å². The van der Waals surface area contributed by atoms with Crippen molar-refractivity contribution >= 4 is 11.7 Å². The zero-order chi connectivity index (χ0) is 13.0. The molecule has 0 aromatic heterocycles. The number of benzene rings is 1. The number of amides is 2. The summed E-state index contributed by atoms with van der Waals surface area (Å²) < 4.78 is 0.204. The fourth-order valence-corrected chi connectivity index (χ4v) is 2.08. The van der Waals surface area contributed by atoms with Gasteiger partial charge in [-0.2, -0.15) is 4.48 Å². The van der Waals surface area contributed by atoms with Gasteiger partial charge in [-0.3, -0.25) is 0 Å². The predicted molar refractivity (Wildman–Crippen MR) is 75.1 cm³/mol. The summed E-state index contributed by atoms with van der Waals surface area (Å²) in [5.74, 6) is 0. The number of nitrogens with zero attached hydrogens (tertiary/aromatic N) is 1. The Morgan fingerprint density at radius 2 is 1.89 bits per heavy atom. The van der Waals surface area contributed by atoms with Gasteiger partial charge in [0.2, 0.25) is 0 Å². The van der Waals surface area contributed by atoms with Crippen LogP contribution in [0.3, 0.4) is 0 Å². The number of para-hydroxylation sites is 1. The van der Waals surface area contributed by atoms with E-state index in [0.29, 0.717) is 6.54 Å². The van der Waals surface area contributed by atoms with E-state index in [9.17, 15) is 4.79 Å². The number of hydrogen-bond acceptors (Lipinski definition) is 1. The van der Waals surface area contributed by atoms with Crippen LogP contribution >= 0.6 is 0 Å². The maximum absolute atomic E-state index is 12.5. The van der Waals surface area contributed by atoms with Crippen LogP contribution in [0.5, 0.6) is 0 Å². The van der Waals surface area contributed by atoms with Crippen LogP contribution in [0.15, 0.2) is 54.8 Å². The van der Waals surface area contributed by atoms with Gasteiger partial charge in [-0.05, 0) is 26.0 Å². The number of quaternary nitrogens is 1. The molecular formula is C15H19ClN2O. The van der Waals surface area contributed by atoms with Crippen molar-refractivity contribution in [2.45, 2.75) is 19.9 Å². The van der Waals surface area contributed by atoms with Crippen LogP contribution in [-0.2, 0) is 0 Å². The molecule has 4 heteroatoms. The van der Waals surface area contributed by atoms with Crippen LogP contribution in [0.4, 0.5) is 10.5 Å². The summed E-state index contributed by atoms with van der Waals surface area (Å²) in [6.07, 6.45) is 7.86. The molecule has 102 valence electrons. The Morgan fingerprint density at radius 1 is 1.21 bits per heavy atom. The molecule has 1 aliphatic rings. The highest BCUT2D eigenvalue weighted by molar-refractivity contribution is 5.89. The molecule has 1 aromatic rings. The summed E-state index contributed by atoms with van der Waals surface area (Å²) in [6, 6.07) is 10.0. The molecule has 0 bridgehead atoms. The average molecular weight is 279 g/mol. The predicted octanol–water partition coefficient (Wildman–Crippen LogP) is 0.199. The van der Waals surface area contributed by atoms with Gasteiger partial charge in [0, 0.05) is 18.2 Å². The summed E-state index contributed by atoms with van der Waals surface area (Å²) in [5, 5.41) is 3.00. The first-order chi connectivity index (χ1) is 8.65. The molecule has 0 aliphatic carbocycles. The van der Waals surface area contributed by atoms with Crippen molar-refractivity contribution in [3.63, 3.8) is 0 Å². The molecule has 19 heavy (non-hydrogen) atoms. The third-order valence-corrected chi connectivity index (χ3v) is 2.97. The van der Waals surface area contributed by atoms with E-state index in [4.69, 9.17) is 0 Å². The van der Waals surface area contributed by atoms with E-state index in [1.54, 1.807) is 0 Å². The maximum Gasteiger partial charge on any atom is 0.426 e. The molecule has 0 saturated heterocycles. The Hall–Kier alpha value is -1.58. The van der Waals surface area contributed by atoms with Crippen LogP contribution < -0.4 is 22.2 Å². The van der Waals surface area contributed by atoms with Crippen LogP contribution in [0.25, 0.3) is 0 Å². The van der Waals surface area contributed by atoms with Crippen molar-refractivity contribution in [1.82, 2.24) is 9.80 Å². The highest BCUT2D eigenvalue weighted by atomic mass is 35.5. The van der Waals surface area contributed by atoms with E-state index in [1.165, 1.54) is 0 Å². The molecule has 3 nitrogen and oxygen atoms in total. The number of rotatable bonds is 2.